The number of rotatable bonds is 3. The van der Waals surface area contributed by atoms with Gasteiger partial charge in [-0.15, -0.1) is 0 Å². The molecule has 94 valence electrons. The molecule has 16 heavy (non-hydrogen) atoms. The topological polar surface area (TPSA) is 99.0 Å². The first-order valence-electron chi connectivity index (χ1n) is 5.40. The molecule has 1 rings (SSSR count). The van der Waals surface area contributed by atoms with Gasteiger partial charge >= 0.3 is 0 Å². The van der Waals surface area contributed by atoms with Crippen LogP contribution in [0.3, 0.4) is 0 Å². The molecule has 0 unspecified atom stereocenters. The van der Waals surface area contributed by atoms with Crippen molar-refractivity contribution in [1.29, 1.82) is 0 Å². The highest BCUT2D eigenvalue weighted by Crippen LogP contribution is 2.27. The third kappa shape index (κ3) is 2.70. The molecule has 1 heterocycles. The van der Waals surface area contributed by atoms with E-state index in [-0.39, 0.29) is 18.4 Å². The van der Waals surface area contributed by atoms with E-state index >= 15 is 0 Å². The summed E-state index contributed by atoms with van der Waals surface area (Å²) < 4.78 is 5.03. The fourth-order valence-electron chi connectivity index (χ4n) is 2.10. The molecule has 0 saturated carbocycles. The summed E-state index contributed by atoms with van der Waals surface area (Å²) in [5.41, 5.74) is 0. The van der Waals surface area contributed by atoms with Gasteiger partial charge in [0, 0.05) is 12.8 Å². The van der Waals surface area contributed by atoms with Crippen molar-refractivity contribution in [2.75, 3.05) is 6.61 Å². The fraction of sp³-hybridized carbons (Fsp3) is 0.900. The average molecular weight is 233 g/mol. The molecule has 0 aromatic rings. The van der Waals surface area contributed by atoms with E-state index in [1.807, 2.05) is 6.92 Å². The van der Waals surface area contributed by atoms with Crippen LogP contribution in [-0.2, 0) is 9.53 Å². The number of nitrogens with one attached hydrogen (secondary N) is 1. The molecule has 1 fully saturated rings. The minimum Gasteiger partial charge on any atom is -0.394 e. The van der Waals surface area contributed by atoms with Crippen molar-refractivity contribution < 1.29 is 24.9 Å². The van der Waals surface area contributed by atoms with Gasteiger partial charge in [-0.1, -0.05) is 6.92 Å². The first-order valence-corrected chi connectivity index (χ1v) is 5.40. The molecule has 6 heteroatoms. The number of aliphatic hydroxyl groups excluding tert-OH is 3. The summed E-state index contributed by atoms with van der Waals surface area (Å²) in [4.78, 5) is 11.0. The molecule has 5 atom stereocenters. The molecule has 1 aliphatic rings. The number of hydrogen-bond donors (Lipinski definition) is 4. The summed E-state index contributed by atoms with van der Waals surface area (Å²) in [5.74, 6) is -0.620. The predicted octanol–water partition coefficient (Wildman–Crippen LogP) is -1.41. The standard InChI is InChI=1S/C10H19NO5/c1-3-6-8(11-5(2)13)10(15)16-7(4-12)9(6)14/h6-10,12,14-15H,3-4H2,1-2H3,(H,11,13)/t6-,7+,8+,9-,10-/m0/s1. The third-order valence-corrected chi connectivity index (χ3v) is 2.92. The van der Waals surface area contributed by atoms with Crippen LogP contribution in [0, 0.1) is 5.92 Å². The molecule has 4 N–H and O–H groups in total. The number of amides is 1. The van der Waals surface area contributed by atoms with Crippen LogP contribution in [0.5, 0.6) is 0 Å². The van der Waals surface area contributed by atoms with E-state index in [1.165, 1.54) is 6.92 Å². The highest BCUT2D eigenvalue weighted by molar-refractivity contribution is 5.73. The number of carbonyl (C=O) groups excluding carboxylic acids is 1. The zero-order chi connectivity index (χ0) is 12.3. The zero-order valence-electron chi connectivity index (χ0n) is 9.46. The lowest BCUT2D eigenvalue weighted by Gasteiger charge is -2.42. The van der Waals surface area contributed by atoms with Crippen LogP contribution in [-0.4, -0.2) is 52.4 Å². The van der Waals surface area contributed by atoms with Gasteiger partial charge in [-0.2, -0.15) is 0 Å². The van der Waals surface area contributed by atoms with Crippen molar-refractivity contribution in [3.05, 3.63) is 0 Å². The normalized spacial score (nSPS) is 39.4. The quantitative estimate of drug-likeness (QED) is 0.480. The van der Waals surface area contributed by atoms with Gasteiger partial charge < -0.3 is 25.4 Å². The van der Waals surface area contributed by atoms with Crippen LogP contribution >= 0.6 is 0 Å². The Morgan fingerprint density at radius 3 is 2.50 bits per heavy atom. The zero-order valence-corrected chi connectivity index (χ0v) is 9.46. The van der Waals surface area contributed by atoms with Gasteiger partial charge in [-0.3, -0.25) is 4.79 Å². The Hall–Kier alpha value is -0.690. The summed E-state index contributed by atoms with van der Waals surface area (Å²) >= 11 is 0. The Labute approximate surface area is 94.2 Å². The Morgan fingerprint density at radius 2 is 2.06 bits per heavy atom. The van der Waals surface area contributed by atoms with Crippen LogP contribution in [0.1, 0.15) is 20.3 Å². The number of ether oxygens (including phenoxy) is 1. The molecule has 1 saturated heterocycles. The molecule has 1 amide bonds. The maximum Gasteiger partial charge on any atom is 0.217 e. The molecule has 0 aromatic heterocycles. The maximum absolute atomic E-state index is 11.0. The van der Waals surface area contributed by atoms with Crippen LogP contribution < -0.4 is 5.32 Å². The van der Waals surface area contributed by atoms with Crippen molar-refractivity contribution in [2.24, 2.45) is 5.92 Å². The summed E-state index contributed by atoms with van der Waals surface area (Å²) in [6.45, 7) is 2.82. The smallest absolute Gasteiger partial charge is 0.217 e. The predicted molar refractivity (Wildman–Crippen MR) is 55.4 cm³/mol. The van der Waals surface area contributed by atoms with E-state index in [0.29, 0.717) is 6.42 Å². The van der Waals surface area contributed by atoms with Crippen LogP contribution in [0.25, 0.3) is 0 Å². The number of carbonyl (C=O) groups is 1. The molecule has 1 aliphatic heterocycles. The lowest BCUT2D eigenvalue weighted by molar-refractivity contribution is -0.241. The molecular weight excluding hydrogens is 214 g/mol. The van der Waals surface area contributed by atoms with Crippen LogP contribution in [0.15, 0.2) is 0 Å². The van der Waals surface area contributed by atoms with Gasteiger partial charge in [0.05, 0.1) is 18.8 Å². The molecule has 0 aromatic carbocycles. The molecule has 0 spiro atoms. The molecule has 0 bridgehead atoms. The SMILES string of the molecule is CC[C@@H]1[C@H](O)[C@@H](CO)O[C@H](O)[C@@H]1NC(C)=O. The highest BCUT2D eigenvalue weighted by Gasteiger charge is 2.43. The molecular formula is C10H19NO5. The van der Waals surface area contributed by atoms with E-state index < -0.39 is 24.5 Å². The van der Waals surface area contributed by atoms with Crippen LogP contribution in [0.2, 0.25) is 0 Å². The van der Waals surface area contributed by atoms with E-state index in [0.717, 1.165) is 0 Å². The van der Waals surface area contributed by atoms with E-state index in [1.54, 1.807) is 0 Å². The van der Waals surface area contributed by atoms with Gasteiger partial charge in [-0.05, 0) is 6.42 Å². The Kier molecular flexibility index (Phi) is 4.67. The monoisotopic (exact) mass is 233 g/mol. The number of aliphatic hydroxyl groups is 3. The maximum atomic E-state index is 11.0. The van der Waals surface area contributed by atoms with Crippen molar-refractivity contribution in [1.82, 2.24) is 5.32 Å². The minimum absolute atomic E-state index is 0.291. The molecule has 6 nitrogen and oxygen atoms in total. The summed E-state index contributed by atoms with van der Waals surface area (Å²) in [6, 6.07) is -0.639. The van der Waals surface area contributed by atoms with Gasteiger partial charge in [-0.25, -0.2) is 0 Å². The van der Waals surface area contributed by atoms with Crippen LogP contribution in [0.4, 0.5) is 0 Å². The second-order valence-corrected chi connectivity index (χ2v) is 4.04. The van der Waals surface area contributed by atoms with Crippen molar-refractivity contribution in [2.45, 2.75) is 44.8 Å². The second-order valence-electron chi connectivity index (χ2n) is 4.04. The van der Waals surface area contributed by atoms with Gasteiger partial charge in [0.25, 0.3) is 0 Å². The molecule has 0 aliphatic carbocycles. The summed E-state index contributed by atoms with van der Waals surface area (Å²) in [5, 5.41) is 31.1. The first kappa shape index (κ1) is 13.4. The Bertz CT molecular complexity index is 247. The van der Waals surface area contributed by atoms with Crippen molar-refractivity contribution in [3.8, 4) is 0 Å². The third-order valence-electron chi connectivity index (χ3n) is 2.92. The van der Waals surface area contributed by atoms with E-state index in [2.05, 4.69) is 5.32 Å². The van der Waals surface area contributed by atoms with Gasteiger partial charge in [0.15, 0.2) is 6.29 Å². The summed E-state index contributed by atoms with van der Waals surface area (Å²) in [7, 11) is 0. The average Bonchev–Trinajstić information content (AvgIpc) is 2.23. The Balaban J connectivity index is 2.78. The summed E-state index contributed by atoms with van der Waals surface area (Å²) in [6.07, 6.45) is -2.32. The first-order chi connectivity index (χ1) is 7.51. The number of hydrogen-bond acceptors (Lipinski definition) is 5. The lowest BCUT2D eigenvalue weighted by atomic mass is 9.85. The van der Waals surface area contributed by atoms with Crippen molar-refractivity contribution in [3.63, 3.8) is 0 Å². The lowest BCUT2D eigenvalue weighted by Crippen LogP contribution is -2.60. The van der Waals surface area contributed by atoms with Gasteiger partial charge in [0.2, 0.25) is 5.91 Å². The highest BCUT2D eigenvalue weighted by atomic mass is 16.6. The van der Waals surface area contributed by atoms with E-state index in [4.69, 9.17) is 9.84 Å². The molecule has 0 radical (unpaired) electrons. The minimum atomic E-state index is -1.20. The second kappa shape index (κ2) is 5.58. The Morgan fingerprint density at radius 1 is 1.44 bits per heavy atom. The van der Waals surface area contributed by atoms with Gasteiger partial charge in [0.1, 0.15) is 6.10 Å². The van der Waals surface area contributed by atoms with E-state index in [9.17, 15) is 15.0 Å². The van der Waals surface area contributed by atoms with Crippen molar-refractivity contribution >= 4 is 5.91 Å². The fourth-order valence-corrected chi connectivity index (χ4v) is 2.10. The largest absolute Gasteiger partial charge is 0.394 e.